The minimum absolute atomic E-state index is 0.109. The minimum Gasteiger partial charge on any atom is -0.336 e. The summed E-state index contributed by atoms with van der Waals surface area (Å²) in [6.07, 6.45) is 2.10. The zero-order valence-electron chi connectivity index (χ0n) is 15.7. The largest absolute Gasteiger partial charge is 0.336 e. The summed E-state index contributed by atoms with van der Waals surface area (Å²) in [5.74, 6) is 0.109. The first-order chi connectivity index (χ1) is 13.0. The van der Waals surface area contributed by atoms with E-state index in [-0.39, 0.29) is 5.91 Å². The number of nitrogens with zero attached hydrogens (tertiary/aromatic N) is 4. The summed E-state index contributed by atoms with van der Waals surface area (Å²) < 4.78 is 3.12. The number of benzene rings is 1. The predicted octanol–water partition coefficient (Wildman–Crippen LogP) is 3.67. The number of fused-ring (bicyclic) bond motifs is 1. The van der Waals surface area contributed by atoms with Crippen molar-refractivity contribution in [3.63, 3.8) is 0 Å². The Hall–Kier alpha value is -2.18. The highest BCUT2D eigenvalue weighted by atomic mass is 79.9. The molecule has 140 valence electrons. The van der Waals surface area contributed by atoms with Crippen LogP contribution in [-0.2, 0) is 6.54 Å². The smallest absolute Gasteiger partial charge is 0.253 e. The average molecular weight is 427 g/mol. The molecule has 0 unspecified atom stereocenters. The molecular weight excluding hydrogens is 404 g/mol. The van der Waals surface area contributed by atoms with Crippen molar-refractivity contribution in [3.05, 3.63) is 69.6 Å². The average Bonchev–Trinajstić information content (AvgIpc) is 2.96. The van der Waals surface area contributed by atoms with Gasteiger partial charge in [0.05, 0.1) is 11.4 Å². The molecule has 3 aromatic rings. The molecular formula is C21H23BrN4O. The van der Waals surface area contributed by atoms with Gasteiger partial charge in [0.1, 0.15) is 5.65 Å². The number of carbonyl (C=O) groups excluding carboxylic acids is 1. The number of rotatable bonds is 3. The molecule has 1 aromatic carbocycles. The first kappa shape index (κ1) is 18.2. The first-order valence-corrected chi connectivity index (χ1v) is 10.0. The second-order valence-corrected chi connectivity index (χ2v) is 8.07. The van der Waals surface area contributed by atoms with Crippen molar-refractivity contribution in [2.45, 2.75) is 20.4 Å². The Morgan fingerprint density at radius 2 is 1.89 bits per heavy atom. The van der Waals surface area contributed by atoms with Gasteiger partial charge in [-0.1, -0.05) is 22.0 Å². The summed E-state index contributed by atoms with van der Waals surface area (Å²) in [6, 6.07) is 11.8. The fourth-order valence-corrected chi connectivity index (χ4v) is 4.03. The van der Waals surface area contributed by atoms with Crippen LogP contribution in [0.2, 0.25) is 0 Å². The van der Waals surface area contributed by atoms with E-state index < -0.39 is 0 Å². The monoisotopic (exact) mass is 426 g/mol. The van der Waals surface area contributed by atoms with Gasteiger partial charge in [-0.05, 0) is 49.7 Å². The Kier molecular flexibility index (Phi) is 5.02. The molecule has 3 heterocycles. The molecule has 0 radical (unpaired) electrons. The normalized spacial score (nSPS) is 15.4. The maximum atomic E-state index is 12.7. The number of halogens is 1. The molecule has 0 aliphatic carbocycles. The molecule has 27 heavy (non-hydrogen) atoms. The lowest BCUT2D eigenvalue weighted by Crippen LogP contribution is -2.48. The number of aromatic nitrogens is 2. The highest BCUT2D eigenvalue weighted by Gasteiger charge is 2.23. The summed E-state index contributed by atoms with van der Waals surface area (Å²) in [5, 5.41) is 0. The molecule has 1 fully saturated rings. The van der Waals surface area contributed by atoms with Crippen LogP contribution in [0.5, 0.6) is 0 Å². The Bertz CT molecular complexity index is 989. The number of hydrogen-bond donors (Lipinski definition) is 0. The third-order valence-electron chi connectivity index (χ3n) is 5.19. The maximum Gasteiger partial charge on any atom is 0.253 e. The molecule has 0 bridgehead atoms. The van der Waals surface area contributed by atoms with Gasteiger partial charge in [0.2, 0.25) is 0 Å². The Morgan fingerprint density at radius 3 is 2.63 bits per heavy atom. The zero-order valence-corrected chi connectivity index (χ0v) is 17.2. The van der Waals surface area contributed by atoms with E-state index in [0.717, 1.165) is 54.1 Å². The third kappa shape index (κ3) is 3.77. The number of pyridine rings is 1. The molecule has 5 nitrogen and oxygen atoms in total. The minimum atomic E-state index is 0.109. The van der Waals surface area contributed by atoms with Crippen molar-refractivity contribution in [1.29, 1.82) is 0 Å². The second-order valence-electron chi connectivity index (χ2n) is 7.15. The van der Waals surface area contributed by atoms with Crippen LogP contribution in [0.4, 0.5) is 0 Å². The number of imidazole rings is 1. The molecule has 2 aromatic heterocycles. The van der Waals surface area contributed by atoms with Gasteiger partial charge in [-0.25, -0.2) is 4.98 Å². The summed E-state index contributed by atoms with van der Waals surface area (Å²) in [4.78, 5) is 21.8. The summed E-state index contributed by atoms with van der Waals surface area (Å²) in [7, 11) is 0. The third-order valence-corrected chi connectivity index (χ3v) is 5.68. The van der Waals surface area contributed by atoms with Gasteiger partial charge in [0.15, 0.2) is 0 Å². The number of aryl methyl sites for hydroxylation is 2. The van der Waals surface area contributed by atoms with E-state index in [9.17, 15) is 4.79 Å². The van der Waals surface area contributed by atoms with Crippen molar-refractivity contribution in [2.24, 2.45) is 0 Å². The Balaban J connectivity index is 1.43. The summed E-state index contributed by atoms with van der Waals surface area (Å²) in [5.41, 5.74) is 5.28. The molecule has 0 N–H and O–H groups in total. The van der Waals surface area contributed by atoms with E-state index >= 15 is 0 Å². The van der Waals surface area contributed by atoms with Gasteiger partial charge in [-0.2, -0.15) is 0 Å². The van der Waals surface area contributed by atoms with Crippen molar-refractivity contribution >= 4 is 27.5 Å². The zero-order chi connectivity index (χ0) is 19.0. The molecule has 0 spiro atoms. The molecule has 4 rings (SSSR count). The molecule has 1 aliphatic rings. The van der Waals surface area contributed by atoms with Gasteiger partial charge < -0.3 is 9.30 Å². The maximum absolute atomic E-state index is 12.7. The fourth-order valence-electron chi connectivity index (χ4n) is 3.63. The molecule has 6 heteroatoms. The van der Waals surface area contributed by atoms with E-state index in [0.29, 0.717) is 0 Å². The van der Waals surface area contributed by atoms with E-state index in [2.05, 4.69) is 57.4 Å². The highest BCUT2D eigenvalue weighted by Crippen LogP contribution is 2.18. The number of piperazine rings is 1. The van der Waals surface area contributed by atoms with Crippen molar-refractivity contribution in [1.82, 2.24) is 19.2 Å². The van der Waals surface area contributed by atoms with Crippen LogP contribution in [0.25, 0.3) is 5.65 Å². The predicted molar refractivity (Wildman–Crippen MR) is 110 cm³/mol. The first-order valence-electron chi connectivity index (χ1n) is 9.22. The second kappa shape index (κ2) is 7.44. The lowest BCUT2D eigenvalue weighted by Gasteiger charge is -2.34. The SMILES string of the molecule is Cc1ccn2c(CN3CCN(C(=O)c4cccc(Br)c4)CC3)c(C)nc2c1. The lowest BCUT2D eigenvalue weighted by atomic mass is 10.2. The van der Waals surface area contributed by atoms with Crippen LogP contribution in [0, 0.1) is 13.8 Å². The molecule has 0 saturated carbocycles. The standard InChI is InChI=1S/C21H23BrN4O/c1-15-6-7-26-19(16(2)23-20(26)12-15)14-24-8-10-25(11-9-24)21(27)17-4-3-5-18(22)13-17/h3-7,12-13H,8-11,14H2,1-2H3. The molecule has 0 atom stereocenters. The number of carbonyl (C=O) groups is 1. The van der Waals surface area contributed by atoms with Gasteiger partial charge in [-0.15, -0.1) is 0 Å². The van der Waals surface area contributed by atoms with Crippen molar-refractivity contribution in [2.75, 3.05) is 26.2 Å². The van der Waals surface area contributed by atoms with Crippen LogP contribution < -0.4 is 0 Å². The Labute approximate surface area is 167 Å². The van der Waals surface area contributed by atoms with E-state index in [1.165, 1.54) is 11.3 Å². The topological polar surface area (TPSA) is 40.9 Å². The van der Waals surface area contributed by atoms with Crippen molar-refractivity contribution in [3.8, 4) is 0 Å². The van der Waals surface area contributed by atoms with Crippen molar-refractivity contribution < 1.29 is 4.79 Å². The van der Waals surface area contributed by atoms with Gasteiger partial charge >= 0.3 is 0 Å². The number of amides is 1. The lowest BCUT2D eigenvalue weighted by molar-refractivity contribution is 0.0626. The van der Waals surface area contributed by atoms with Gasteiger partial charge in [-0.3, -0.25) is 9.69 Å². The van der Waals surface area contributed by atoms with E-state index in [1.54, 1.807) is 0 Å². The van der Waals surface area contributed by atoms with Gasteiger partial charge in [0.25, 0.3) is 5.91 Å². The quantitative estimate of drug-likeness (QED) is 0.641. The van der Waals surface area contributed by atoms with Crippen LogP contribution >= 0.6 is 15.9 Å². The van der Waals surface area contributed by atoms with Crippen LogP contribution in [-0.4, -0.2) is 51.3 Å². The van der Waals surface area contributed by atoms with E-state index in [4.69, 9.17) is 4.98 Å². The van der Waals surface area contributed by atoms with Gasteiger partial charge in [0, 0.05) is 49.0 Å². The summed E-state index contributed by atoms with van der Waals surface area (Å²) in [6.45, 7) is 8.27. The van der Waals surface area contributed by atoms with Crippen LogP contribution in [0.1, 0.15) is 27.3 Å². The van der Waals surface area contributed by atoms with Crippen LogP contribution in [0.3, 0.4) is 0 Å². The van der Waals surface area contributed by atoms with Crippen LogP contribution in [0.15, 0.2) is 47.1 Å². The fraction of sp³-hybridized carbons (Fsp3) is 0.333. The Morgan fingerprint density at radius 1 is 1.11 bits per heavy atom. The molecule has 1 saturated heterocycles. The summed E-state index contributed by atoms with van der Waals surface area (Å²) >= 11 is 3.44. The highest BCUT2D eigenvalue weighted by molar-refractivity contribution is 9.10. The van der Waals surface area contributed by atoms with E-state index in [1.807, 2.05) is 29.2 Å². The number of hydrogen-bond acceptors (Lipinski definition) is 3. The molecule has 1 aliphatic heterocycles. The molecule has 1 amide bonds.